The lowest BCUT2D eigenvalue weighted by molar-refractivity contribution is 0.102. The zero-order valence-electron chi connectivity index (χ0n) is 12.5. The Hall–Kier alpha value is -2.87. The molecule has 0 saturated heterocycles. The van der Waals surface area contributed by atoms with Gasteiger partial charge in [0.1, 0.15) is 16.7 Å². The fraction of sp³-hybridized carbons (Fsp3) is 0.188. The summed E-state index contributed by atoms with van der Waals surface area (Å²) in [5.41, 5.74) is 4.25. The maximum Gasteiger partial charge on any atom is 0.276 e. The molecule has 1 aromatic carbocycles. The molecule has 7 nitrogen and oxygen atoms in total. The van der Waals surface area contributed by atoms with Crippen molar-refractivity contribution in [1.82, 2.24) is 23.3 Å². The average Bonchev–Trinajstić information content (AvgIpc) is 3.17. The highest BCUT2D eigenvalue weighted by molar-refractivity contribution is 7.00. The van der Waals surface area contributed by atoms with Gasteiger partial charge in [0.15, 0.2) is 5.65 Å². The van der Waals surface area contributed by atoms with Crippen LogP contribution in [0.2, 0.25) is 0 Å². The van der Waals surface area contributed by atoms with E-state index in [1.807, 2.05) is 30.5 Å². The fourth-order valence-electron chi connectivity index (χ4n) is 2.69. The summed E-state index contributed by atoms with van der Waals surface area (Å²) in [4.78, 5) is 17.1. The van der Waals surface area contributed by atoms with E-state index in [1.54, 1.807) is 10.6 Å². The van der Waals surface area contributed by atoms with E-state index in [-0.39, 0.29) is 5.91 Å². The number of carbonyl (C=O) groups is 1. The van der Waals surface area contributed by atoms with Crippen molar-refractivity contribution in [1.29, 1.82) is 0 Å². The van der Waals surface area contributed by atoms with E-state index in [2.05, 4.69) is 24.1 Å². The molecule has 0 spiro atoms. The number of hydrogen-bond acceptors (Lipinski definition) is 6. The van der Waals surface area contributed by atoms with Crippen LogP contribution in [0.3, 0.4) is 0 Å². The van der Waals surface area contributed by atoms with Gasteiger partial charge in [0.2, 0.25) is 0 Å². The second-order valence-corrected chi connectivity index (χ2v) is 6.38. The fourth-order valence-corrected chi connectivity index (χ4v) is 3.24. The number of nitrogens with one attached hydrogen (secondary N) is 1. The van der Waals surface area contributed by atoms with Crippen LogP contribution in [-0.4, -0.2) is 29.3 Å². The molecular weight excluding hydrogens is 324 g/mol. The van der Waals surface area contributed by atoms with Crippen LogP contribution in [-0.2, 0) is 0 Å². The van der Waals surface area contributed by atoms with Gasteiger partial charge in [-0.05, 0) is 37.1 Å². The molecule has 1 N–H and O–H groups in total. The molecule has 3 heterocycles. The minimum absolute atomic E-state index is 0.279. The highest BCUT2D eigenvalue weighted by Gasteiger charge is 2.26. The van der Waals surface area contributed by atoms with Gasteiger partial charge in [0, 0.05) is 5.92 Å². The molecular formula is C16H12N6OS. The molecule has 24 heavy (non-hydrogen) atoms. The van der Waals surface area contributed by atoms with E-state index in [0.717, 1.165) is 28.6 Å². The van der Waals surface area contributed by atoms with Gasteiger partial charge in [-0.15, -0.1) is 0 Å². The van der Waals surface area contributed by atoms with Gasteiger partial charge in [0.05, 0.1) is 29.3 Å². The van der Waals surface area contributed by atoms with Gasteiger partial charge in [-0.2, -0.15) is 13.8 Å². The molecule has 1 aliphatic carbocycles. The van der Waals surface area contributed by atoms with E-state index < -0.39 is 0 Å². The quantitative estimate of drug-likeness (QED) is 0.622. The van der Waals surface area contributed by atoms with Crippen LogP contribution >= 0.6 is 11.7 Å². The van der Waals surface area contributed by atoms with Crippen LogP contribution in [0.25, 0.3) is 16.7 Å². The number of hydrogen-bond donors (Lipinski definition) is 1. The van der Waals surface area contributed by atoms with Crippen molar-refractivity contribution in [2.45, 2.75) is 18.8 Å². The number of aromatic nitrogens is 5. The maximum absolute atomic E-state index is 12.5. The van der Waals surface area contributed by atoms with Crippen LogP contribution in [0.4, 0.5) is 5.69 Å². The molecule has 1 amide bonds. The third-order valence-corrected chi connectivity index (χ3v) is 4.64. The van der Waals surface area contributed by atoms with Crippen LogP contribution in [0.1, 0.15) is 34.9 Å². The normalized spacial score (nSPS) is 14.3. The lowest BCUT2D eigenvalue weighted by Crippen LogP contribution is -2.15. The molecule has 5 rings (SSSR count). The standard InChI is InChI=1S/C16H12N6OS/c23-16(18-10-2-1-3-11-15(10)21-24-20-11)12-6-7-14-17-13(9-4-5-9)8-22(14)19-12/h1-3,6-9H,4-5H2,(H,18,23). The number of imidazole rings is 1. The topological polar surface area (TPSA) is 85.1 Å². The second kappa shape index (κ2) is 5.07. The Labute approximate surface area is 140 Å². The van der Waals surface area contributed by atoms with Crippen molar-refractivity contribution in [3.8, 4) is 0 Å². The summed E-state index contributed by atoms with van der Waals surface area (Å²) >= 11 is 1.12. The molecule has 1 fully saturated rings. The van der Waals surface area contributed by atoms with Crippen molar-refractivity contribution in [2.75, 3.05) is 5.32 Å². The summed E-state index contributed by atoms with van der Waals surface area (Å²) < 4.78 is 10.1. The summed E-state index contributed by atoms with van der Waals surface area (Å²) in [6, 6.07) is 9.02. The molecule has 0 bridgehead atoms. The van der Waals surface area contributed by atoms with Crippen LogP contribution < -0.4 is 5.32 Å². The number of carbonyl (C=O) groups excluding carboxylic acids is 1. The Balaban J connectivity index is 1.47. The van der Waals surface area contributed by atoms with E-state index in [0.29, 0.717) is 22.8 Å². The first-order chi connectivity index (χ1) is 11.8. The molecule has 1 saturated carbocycles. The molecule has 0 unspecified atom stereocenters. The molecule has 0 radical (unpaired) electrons. The van der Waals surface area contributed by atoms with E-state index in [9.17, 15) is 4.79 Å². The van der Waals surface area contributed by atoms with Crippen molar-refractivity contribution in [3.63, 3.8) is 0 Å². The highest BCUT2D eigenvalue weighted by atomic mass is 32.1. The zero-order valence-corrected chi connectivity index (χ0v) is 13.3. The van der Waals surface area contributed by atoms with E-state index in [4.69, 9.17) is 0 Å². The second-order valence-electron chi connectivity index (χ2n) is 5.85. The van der Waals surface area contributed by atoms with Gasteiger partial charge >= 0.3 is 0 Å². The molecule has 0 aliphatic heterocycles. The number of amides is 1. The van der Waals surface area contributed by atoms with Crippen LogP contribution in [0.15, 0.2) is 36.5 Å². The summed E-state index contributed by atoms with van der Waals surface area (Å²) in [6.45, 7) is 0. The van der Waals surface area contributed by atoms with Crippen LogP contribution in [0, 0.1) is 0 Å². The molecule has 4 aromatic rings. The first-order valence-electron chi connectivity index (χ1n) is 7.67. The Bertz CT molecular complexity index is 1080. The lowest BCUT2D eigenvalue weighted by Gasteiger charge is -2.05. The molecule has 0 atom stereocenters. The smallest absolute Gasteiger partial charge is 0.276 e. The van der Waals surface area contributed by atoms with E-state index in [1.165, 1.54) is 12.8 Å². The molecule has 8 heteroatoms. The van der Waals surface area contributed by atoms with Crippen LogP contribution in [0.5, 0.6) is 0 Å². The lowest BCUT2D eigenvalue weighted by atomic mass is 10.2. The minimum Gasteiger partial charge on any atom is -0.319 e. The third kappa shape index (κ3) is 2.23. The largest absolute Gasteiger partial charge is 0.319 e. The van der Waals surface area contributed by atoms with Gasteiger partial charge in [-0.1, -0.05) is 6.07 Å². The minimum atomic E-state index is -0.279. The SMILES string of the molecule is O=C(Nc1cccc2nsnc12)c1ccc2nc(C3CC3)cn2n1. The average molecular weight is 336 g/mol. The van der Waals surface area contributed by atoms with Crippen molar-refractivity contribution in [3.05, 3.63) is 47.9 Å². The van der Waals surface area contributed by atoms with Crippen molar-refractivity contribution >= 4 is 40.0 Å². The number of rotatable bonds is 3. The third-order valence-electron chi connectivity index (χ3n) is 4.10. The van der Waals surface area contributed by atoms with Gasteiger partial charge < -0.3 is 5.32 Å². The van der Waals surface area contributed by atoms with E-state index >= 15 is 0 Å². The predicted molar refractivity (Wildman–Crippen MR) is 90.3 cm³/mol. The zero-order chi connectivity index (χ0) is 16.1. The molecule has 1 aliphatic rings. The number of anilines is 1. The predicted octanol–water partition coefficient (Wildman–Crippen LogP) is 2.86. The van der Waals surface area contributed by atoms with Gasteiger partial charge in [-0.3, -0.25) is 4.79 Å². The first kappa shape index (κ1) is 13.6. The first-order valence-corrected chi connectivity index (χ1v) is 8.40. The van der Waals surface area contributed by atoms with Gasteiger partial charge in [-0.25, -0.2) is 9.50 Å². The summed E-state index contributed by atoms with van der Waals surface area (Å²) in [5.74, 6) is 0.276. The molecule has 3 aromatic heterocycles. The van der Waals surface area contributed by atoms with Crippen molar-refractivity contribution < 1.29 is 4.79 Å². The Kier molecular flexibility index (Phi) is 2.86. The number of nitrogens with zero attached hydrogens (tertiary/aromatic N) is 5. The number of fused-ring (bicyclic) bond motifs is 2. The monoisotopic (exact) mass is 336 g/mol. The summed E-state index contributed by atoms with van der Waals surface area (Å²) in [7, 11) is 0. The Morgan fingerprint density at radius 3 is 3.00 bits per heavy atom. The van der Waals surface area contributed by atoms with Gasteiger partial charge in [0.25, 0.3) is 5.91 Å². The molecule has 118 valence electrons. The Morgan fingerprint density at radius 1 is 1.21 bits per heavy atom. The highest BCUT2D eigenvalue weighted by Crippen LogP contribution is 2.39. The maximum atomic E-state index is 12.5. The summed E-state index contributed by atoms with van der Waals surface area (Å²) in [5, 5.41) is 7.24. The van der Waals surface area contributed by atoms with Crippen molar-refractivity contribution in [2.24, 2.45) is 0 Å². The number of benzene rings is 1. The summed E-state index contributed by atoms with van der Waals surface area (Å²) in [6.07, 6.45) is 4.28. The Morgan fingerprint density at radius 2 is 2.12 bits per heavy atom.